The number of nitrogens with zero attached hydrogens (tertiary/aromatic N) is 2. The summed E-state index contributed by atoms with van der Waals surface area (Å²) < 4.78 is 29.6. The Kier molecular flexibility index (Phi) is 6.51. The van der Waals surface area contributed by atoms with Crippen LogP contribution in [0.25, 0.3) is 5.70 Å². The number of nitrogens with two attached hydrogens (primary N) is 1. The molecule has 0 bridgehead atoms. The molecule has 1 aliphatic heterocycles. The van der Waals surface area contributed by atoms with E-state index in [9.17, 15) is 13.6 Å². The van der Waals surface area contributed by atoms with Crippen molar-refractivity contribution in [3.8, 4) is 5.75 Å². The topological polar surface area (TPSA) is 104 Å². The Hall–Kier alpha value is -3.20. The number of hydrogen-bond acceptors (Lipinski definition) is 6. The molecule has 1 amide bonds. The molecule has 0 spiro atoms. The van der Waals surface area contributed by atoms with E-state index in [-0.39, 0.29) is 11.3 Å². The number of carbonyl (C=O) groups is 1. The molecule has 0 unspecified atom stereocenters. The summed E-state index contributed by atoms with van der Waals surface area (Å²) in [5.74, 6) is 0.0790. The molecule has 10 heteroatoms. The lowest BCUT2D eigenvalue weighted by Gasteiger charge is -2.20. The second-order valence-corrected chi connectivity index (χ2v) is 7.04. The number of hydrogen-bond donors (Lipinski definition) is 3. The maximum Gasteiger partial charge on any atom is 0.487 e. The van der Waals surface area contributed by atoms with Crippen LogP contribution in [0.3, 0.4) is 0 Å². The molecule has 2 heterocycles. The molecule has 3 rings (SSSR count). The number of rotatable bonds is 7. The van der Waals surface area contributed by atoms with Gasteiger partial charge in [0, 0.05) is 54.0 Å². The molecule has 0 radical (unpaired) electrons. The van der Waals surface area contributed by atoms with Crippen molar-refractivity contribution >= 4 is 40.9 Å². The normalized spacial score (nSPS) is 14.5. The zero-order valence-corrected chi connectivity index (χ0v) is 16.6. The Morgan fingerprint density at radius 2 is 1.97 bits per heavy atom. The van der Waals surface area contributed by atoms with E-state index in [0.717, 1.165) is 32.1 Å². The van der Waals surface area contributed by atoms with E-state index >= 15 is 0 Å². The van der Waals surface area contributed by atoms with E-state index in [0.29, 0.717) is 22.8 Å². The SMILES string of the molecule is N=C/C=C(\N)c1cc(C(=O)Nc2ccc(OC(F)(F)Cl)cc2)cnc1N1CCCC1. The monoisotopic (exact) mass is 435 g/mol. The standard InChI is InChI=1S/C20H20ClF2N5O2/c21-20(22,23)30-15-5-3-14(4-6-15)27-19(29)13-11-16(17(25)7-8-24)18(26-12-13)28-9-1-2-10-28/h3-8,11-12,24H,1-2,9-10,25H2,(H,27,29)/b17-7-,24-8?. The highest BCUT2D eigenvalue weighted by Gasteiger charge is 2.27. The number of halogens is 3. The zero-order chi connectivity index (χ0) is 21.7. The van der Waals surface area contributed by atoms with E-state index < -0.39 is 11.5 Å². The van der Waals surface area contributed by atoms with Crippen LogP contribution in [0.4, 0.5) is 20.3 Å². The highest BCUT2D eigenvalue weighted by Crippen LogP contribution is 2.28. The summed E-state index contributed by atoms with van der Waals surface area (Å²) in [6, 6.07) is 6.96. The van der Waals surface area contributed by atoms with Crippen LogP contribution in [0.2, 0.25) is 0 Å². The number of amides is 1. The van der Waals surface area contributed by atoms with Crippen molar-refractivity contribution < 1.29 is 18.3 Å². The van der Waals surface area contributed by atoms with Gasteiger partial charge in [0.2, 0.25) is 0 Å². The van der Waals surface area contributed by atoms with Crippen molar-refractivity contribution in [1.29, 1.82) is 5.41 Å². The number of alkyl halides is 3. The van der Waals surface area contributed by atoms with Crippen LogP contribution in [0.5, 0.6) is 5.75 Å². The predicted octanol–water partition coefficient (Wildman–Crippen LogP) is 4.05. The summed E-state index contributed by atoms with van der Waals surface area (Å²) in [4.78, 5) is 19.2. The van der Waals surface area contributed by atoms with Gasteiger partial charge < -0.3 is 26.1 Å². The van der Waals surface area contributed by atoms with Gasteiger partial charge in [-0.2, -0.15) is 0 Å². The zero-order valence-electron chi connectivity index (χ0n) is 15.9. The summed E-state index contributed by atoms with van der Waals surface area (Å²) >= 11 is 4.73. The largest absolute Gasteiger partial charge is 0.487 e. The number of anilines is 2. The molecule has 0 aliphatic carbocycles. The van der Waals surface area contributed by atoms with E-state index in [4.69, 9.17) is 22.7 Å². The minimum Gasteiger partial charge on any atom is -0.420 e. The molecule has 0 saturated carbocycles. The van der Waals surface area contributed by atoms with Gasteiger partial charge in [0.1, 0.15) is 11.6 Å². The van der Waals surface area contributed by atoms with E-state index in [1.165, 1.54) is 36.5 Å². The van der Waals surface area contributed by atoms with Crippen LogP contribution in [0.1, 0.15) is 28.8 Å². The quantitative estimate of drug-likeness (QED) is 0.449. The van der Waals surface area contributed by atoms with Crippen LogP contribution in [-0.4, -0.2) is 35.8 Å². The molecular formula is C20H20ClF2N5O2. The Morgan fingerprint density at radius 1 is 1.30 bits per heavy atom. The number of allylic oxidation sites excluding steroid dienone is 1. The molecule has 1 saturated heterocycles. The van der Waals surface area contributed by atoms with Crippen molar-refractivity contribution in [2.75, 3.05) is 23.3 Å². The first-order valence-corrected chi connectivity index (χ1v) is 9.53. The Labute approximate surface area is 177 Å². The first kappa shape index (κ1) is 21.5. The van der Waals surface area contributed by atoms with Crippen molar-refractivity contribution in [3.05, 3.63) is 53.7 Å². The van der Waals surface area contributed by atoms with Crippen LogP contribution >= 0.6 is 11.6 Å². The highest BCUT2D eigenvalue weighted by atomic mass is 35.5. The van der Waals surface area contributed by atoms with Crippen molar-refractivity contribution in [2.24, 2.45) is 5.73 Å². The van der Waals surface area contributed by atoms with Crippen molar-refractivity contribution in [2.45, 2.75) is 18.4 Å². The Morgan fingerprint density at radius 3 is 2.57 bits per heavy atom. The van der Waals surface area contributed by atoms with E-state index in [1.807, 2.05) is 0 Å². The summed E-state index contributed by atoms with van der Waals surface area (Å²) in [7, 11) is 0. The maximum atomic E-state index is 12.7. The van der Waals surface area contributed by atoms with Crippen LogP contribution in [0, 0.1) is 5.41 Å². The van der Waals surface area contributed by atoms with E-state index in [1.54, 1.807) is 6.07 Å². The van der Waals surface area contributed by atoms with Gasteiger partial charge >= 0.3 is 5.57 Å². The molecule has 2 aromatic rings. The molecule has 30 heavy (non-hydrogen) atoms. The number of nitrogens with one attached hydrogen (secondary N) is 2. The fourth-order valence-electron chi connectivity index (χ4n) is 3.10. The minimum atomic E-state index is -3.81. The summed E-state index contributed by atoms with van der Waals surface area (Å²) in [5.41, 5.74) is 3.82. The molecule has 1 aliphatic rings. The fraction of sp³-hybridized carbons (Fsp3) is 0.250. The van der Waals surface area contributed by atoms with Gasteiger partial charge in [-0.05, 0) is 49.2 Å². The third-order valence-electron chi connectivity index (χ3n) is 4.45. The number of pyridine rings is 1. The fourth-order valence-corrected chi connectivity index (χ4v) is 3.19. The van der Waals surface area contributed by atoms with Gasteiger partial charge in [-0.3, -0.25) is 4.79 Å². The summed E-state index contributed by atoms with van der Waals surface area (Å²) in [6.45, 7) is 1.69. The predicted molar refractivity (Wildman–Crippen MR) is 112 cm³/mol. The number of ether oxygens (including phenoxy) is 1. The third-order valence-corrected chi connectivity index (χ3v) is 4.53. The first-order chi connectivity index (χ1) is 14.3. The molecule has 158 valence electrons. The average Bonchev–Trinajstić information content (AvgIpc) is 3.22. The Bertz CT molecular complexity index is 955. The minimum absolute atomic E-state index is 0.142. The van der Waals surface area contributed by atoms with Gasteiger partial charge in [0.25, 0.3) is 5.91 Å². The Balaban J connectivity index is 1.81. The van der Waals surface area contributed by atoms with Gasteiger partial charge in [0.15, 0.2) is 0 Å². The molecule has 1 fully saturated rings. The van der Waals surface area contributed by atoms with Gasteiger partial charge in [-0.25, -0.2) is 4.98 Å². The van der Waals surface area contributed by atoms with Crippen LogP contribution in [-0.2, 0) is 0 Å². The van der Waals surface area contributed by atoms with Gasteiger partial charge in [-0.15, -0.1) is 8.78 Å². The lowest BCUT2D eigenvalue weighted by atomic mass is 10.1. The van der Waals surface area contributed by atoms with Crippen LogP contribution in [0.15, 0.2) is 42.6 Å². The molecule has 0 atom stereocenters. The van der Waals surface area contributed by atoms with Gasteiger partial charge in [-0.1, -0.05) is 0 Å². The molecule has 1 aromatic carbocycles. The lowest BCUT2D eigenvalue weighted by Crippen LogP contribution is -2.22. The number of carbonyl (C=O) groups excluding carboxylic acids is 1. The molecule has 4 N–H and O–H groups in total. The molecule has 1 aromatic heterocycles. The van der Waals surface area contributed by atoms with Crippen LogP contribution < -0.4 is 20.7 Å². The number of aromatic nitrogens is 1. The molecule has 7 nitrogen and oxygen atoms in total. The average molecular weight is 436 g/mol. The van der Waals surface area contributed by atoms with E-state index in [2.05, 4.69) is 19.9 Å². The second kappa shape index (κ2) is 9.08. The smallest absolute Gasteiger partial charge is 0.420 e. The van der Waals surface area contributed by atoms with Gasteiger partial charge in [0.05, 0.1) is 5.56 Å². The summed E-state index contributed by atoms with van der Waals surface area (Å²) in [5, 5.41) is 9.92. The molecular weight excluding hydrogens is 416 g/mol. The maximum absolute atomic E-state index is 12.7. The summed E-state index contributed by atoms with van der Waals surface area (Å²) in [6.07, 6.45) is 6.06. The highest BCUT2D eigenvalue weighted by molar-refractivity contribution is 6.20. The third kappa shape index (κ3) is 5.44. The van der Waals surface area contributed by atoms with Crippen molar-refractivity contribution in [3.63, 3.8) is 0 Å². The lowest BCUT2D eigenvalue weighted by molar-refractivity contribution is -0.0964. The second-order valence-electron chi connectivity index (χ2n) is 6.60. The van der Waals surface area contributed by atoms with Crippen molar-refractivity contribution in [1.82, 2.24) is 4.98 Å². The first-order valence-electron chi connectivity index (χ1n) is 9.15. The number of benzene rings is 1.